The number of nitrogens with two attached hydrogens (primary N) is 1. The number of rotatable bonds is 0. The van der Waals surface area contributed by atoms with Crippen molar-refractivity contribution in [2.24, 2.45) is 5.73 Å². The predicted molar refractivity (Wildman–Crippen MR) is 60.2 cm³/mol. The van der Waals surface area contributed by atoms with Gasteiger partial charge in [0.25, 0.3) is 0 Å². The quantitative estimate of drug-likeness (QED) is 0.671. The highest BCUT2D eigenvalue weighted by atomic mass is 16.5. The van der Waals surface area contributed by atoms with Gasteiger partial charge in [0.2, 0.25) is 5.91 Å². The minimum atomic E-state index is -0.561. The van der Waals surface area contributed by atoms with E-state index in [4.69, 9.17) is 10.5 Å². The van der Waals surface area contributed by atoms with Crippen LogP contribution in [0.1, 0.15) is 12.0 Å². The number of anilines is 1. The molecule has 0 aromatic heterocycles. The summed E-state index contributed by atoms with van der Waals surface area (Å²) in [7, 11) is 0. The summed E-state index contributed by atoms with van der Waals surface area (Å²) in [6.45, 7) is 0.973. The summed E-state index contributed by atoms with van der Waals surface area (Å²) in [6, 6.07) is 7.70. The van der Waals surface area contributed by atoms with Crippen LogP contribution in [-0.2, 0) is 14.9 Å². The molecule has 1 saturated heterocycles. The Morgan fingerprint density at radius 1 is 1.44 bits per heavy atom. The molecular formula is C12H14N2O2. The molecule has 2 aliphatic rings. The maximum atomic E-state index is 12.1. The lowest BCUT2D eigenvalue weighted by molar-refractivity contribution is -0.126. The molecule has 3 N–H and O–H groups in total. The Morgan fingerprint density at radius 3 is 3.06 bits per heavy atom. The molecule has 1 spiro atoms. The summed E-state index contributed by atoms with van der Waals surface area (Å²) < 4.78 is 5.46. The van der Waals surface area contributed by atoms with Crippen molar-refractivity contribution < 1.29 is 9.53 Å². The second-order valence-electron chi connectivity index (χ2n) is 4.56. The first kappa shape index (κ1) is 9.81. The molecule has 3 rings (SSSR count). The van der Waals surface area contributed by atoms with Gasteiger partial charge < -0.3 is 15.8 Å². The van der Waals surface area contributed by atoms with Crippen molar-refractivity contribution in [2.45, 2.75) is 17.9 Å². The molecule has 84 valence electrons. The Bertz CT molecular complexity index is 446. The summed E-state index contributed by atoms with van der Waals surface area (Å²) >= 11 is 0. The van der Waals surface area contributed by atoms with Crippen LogP contribution in [-0.4, -0.2) is 25.2 Å². The highest BCUT2D eigenvalue weighted by Gasteiger charge is 2.49. The van der Waals surface area contributed by atoms with E-state index in [0.29, 0.717) is 19.6 Å². The highest BCUT2D eigenvalue weighted by molar-refractivity contribution is 6.06. The van der Waals surface area contributed by atoms with E-state index < -0.39 is 5.41 Å². The second kappa shape index (κ2) is 3.30. The predicted octanol–water partition coefficient (Wildman–Crippen LogP) is 0.624. The first-order valence-corrected chi connectivity index (χ1v) is 5.47. The molecule has 2 atom stereocenters. The number of amides is 1. The SMILES string of the molecule is NC1COCC2(C1)C(=O)Nc1ccccc12. The Balaban J connectivity index is 2.09. The minimum Gasteiger partial charge on any atom is -0.378 e. The first-order valence-electron chi connectivity index (χ1n) is 5.47. The van der Waals surface area contributed by atoms with E-state index >= 15 is 0 Å². The number of hydrogen-bond acceptors (Lipinski definition) is 3. The van der Waals surface area contributed by atoms with Crippen molar-refractivity contribution >= 4 is 11.6 Å². The highest BCUT2D eigenvalue weighted by Crippen LogP contribution is 2.42. The first-order chi connectivity index (χ1) is 7.72. The van der Waals surface area contributed by atoms with Gasteiger partial charge in [-0.25, -0.2) is 0 Å². The third-order valence-corrected chi connectivity index (χ3v) is 3.42. The third-order valence-electron chi connectivity index (χ3n) is 3.42. The maximum Gasteiger partial charge on any atom is 0.237 e. The molecule has 16 heavy (non-hydrogen) atoms. The third kappa shape index (κ3) is 1.20. The van der Waals surface area contributed by atoms with E-state index in [9.17, 15) is 4.79 Å². The monoisotopic (exact) mass is 218 g/mol. The van der Waals surface area contributed by atoms with Crippen LogP contribution in [0.25, 0.3) is 0 Å². The molecule has 2 aliphatic heterocycles. The van der Waals surface area contributed by atoms with E-state index in [1.54, 1.807) is 0 Å². The van der Waals surface area contributed by atoms with Crippen LogP contribution < -0.4 is 11.1 Å². The normalized spacial score (nSPS) is 32.6. The van der Waals surface area contributed by atoms with Crippen LogP contribution >= 0.6 is 0 Å². The number of carbonyl (C=O) groups is 1. The van der Waals surface area contributed by atoms with Crippen molar-refractivity contribution in [1.29, 1.82) is 0 Å². The Kier molecular flexibility index (Phi) is 2.02. The van der Waals surface area contributed by atoms with E-state index in [0.717, 1.165) is 11.3 Å². The van der Waals surface area contributed by atoms with Gasteiger partial charge in [-0.15, -0.1) is 0 Å². The van der Waals surface area contributed by atoms with E-state index in [1.165, 1.54) is 0 Å². The second-order valence-corrected chi connectivity index (χ2v) is 4.56. The Hall–Kier alpha value is -1.39. The van der Waals surface area contributed by atoms with Gasteiger partial charge in [0.15, 0.2) is 0 Å². The van der Waals surface area contributed by atoms with Gasteiger partial charge in [-0.05, 0) is 18.1 Å². The van der Waals surface area contributed by atoms with Crippen molar-refractivity contribution in [3.05, 3.63) is 29.8 Å². The van der Waals surface area contributed by atoms with Crippen molar-refractivity contribution in [3.63, 3.8) is 0 Å². The summed E-state index contributed by atoms with van der Waals surface area (Å²) in [6.07, 6.45) is 0.663. The average Bonchev–Trinajstić information content (AvgIpc) is 2.53. The van der Waals surface area contributed by atoms with Crippen molar-refractivity contribution in [1.82, 2.24) is 0 Å². The lowest BCUT2D eigenvalue weighted by Gasteiger charge is -2.34. The summed E-state index contributed by atoms with van der Waals surface area (Å²) in [4.78, 5) is 12.1. The molecule has 1 fully saturated rings. The van der Waals surface area contributed by atoms with Gasteiger partial charge in [-0.3, -0.25) is 4.79 Å². The molecule has 1 aromatic rings. The van der Waals surface area contributed by atoms with Crippen LogP contribution in [0.5, 0.6) is 0 Å². The van der Waals surface area contributed by atoms with Crippen LogP contribution in [0.4, 0.5) is 5.69 Å². The lowest BCUT2D eigenvalue weighted by atomic mass is 9.76. The van der Waals surface area contributed by atoms with Crippen LogP contribution in [0, 0.1) is 0 Å². The summed E-state index contributed by atoms with van der Waals surface area (Å²) in [5, 5.41) is 2.90. The maximum absolute atomic E-state index is 12.1. The number of carbonyl (C=O) groups excluding carboxylic acids is 1. The van der Waals surface area contributed by atoms with E-state index in [2.05, 4.69) is 5.32 Å². The van der Waals surface area contributed by atoms with Crippen molar-refractivity contribution in [2.75, 3.05) is 18.5 Å². The average molecular weight is 218 g/mol. The number of fused-ring (bicyclic) bond motifs is 2. The summed E-state index contributed by atoms with van der Waals surface area (Å²) in [5.41, 5.74) is 7.26. The van der Waals surface area contributed by atoms with Crippen LogP contribution in [0.15, 0.2) is 24.3 Å². The van der Waals surface area contributed by atoms with Gasteiger partial charge >= 0.3 is 0 Å². The fraction of sp³-hybridized carbons (Fsp3) is 0.417. The number of hydrogen-bond donors (Lipinski definition) is 2. The minimum absolute atomic E-state index is 0.0175. The van der Waals surface area contributed by atoms with Gasteiger partial charge in [0.05, 0.1) is 13.2 Å². The Morgan fingerprint density at radius 2 is 2.25 bits per heavy atom. The number of nitrogens with one attached hydrogen (secondary N) is 1. The van der Waals surface area contributed by atoms with Gasteiger partial charge in [-0.1, -0.05) is 18.2 Å². The molecule has 4 heteroatoms. The molecule has 0 radical (unpaired) electrons. The molecular weight excluding hydrogens is 204 g/mol. The summed E-state index contributed by atoms with van der Waals surface area (Å²) in [5.74, 6) is 0.0175. The number of ether oxygens (including phenoxy) is 1. The van der Waals surface area contributed by atoms with Gasteiger partial charge in [0, 0.05) is 11.7 Å². The molecule has 2 unspecified atom stereocenters. The molecule has 2 heterocycles. The molecule has 1 aromatic carbocycles. The molecule has 1 amide bonds. The van der Waals surface area contributed by atoms with Crippen LogP contribution in [0.3, 0.4) is 0 Å². The zero-order chi connectivity index (χ0) is 11.2. The lowest BCUT2D eigenvalue weighted by Crippen LogP contribution is -2.50. The van der Waals surface area contributed by atoms with Crippen LogP contribution in [0.2, 0.25) is 0 Å². The van der Waals surface area contributed by atoms with Gasteiger partial charge in [-0.2, -0.15) is 0 Å². The Labute approximate surface area is 93.8 Å². The standard InChI is InChI=1S/C12H14N2O2/c13-8-5-12(7-16-6-8)9-3-1-2-4-10(9)14-11(12)15/h1-4,8H,5-7,13H2,(H,14,15). The molecule has 0 saturated carbocycles. The molecule has 4 nitrogen and oxygen atoms in total. The molecule has 0 aliphatic carbocycles. The van der Waals surface area contributed by atoms with Crippen molar-refractivity contribution in [3.8, 4) is 0 Å². The smallest absolute Gasteiger partial charge is 0.237 e. The zero-order valence-corrected chi connectivity index (χ0v) is 8.90. The van der Waals surface area contributed by atoms with E-state index in [1.807, 2.05) is 24.3 Å². The number of para-hydroxylation sites is 1. The largest absolute Gasteiger partial charge is 0.378 e. The number of benzene rings is 1. The fourth-order valence-electron chi connectivity index (χ4n) is 2.67. The van der Waals surface area contributed by atoms with E-state index in [-0.39, 0.29) is 11.9 Å². The van der Waals surface area contributed by atoms with Gasteiger partial charge in [0.1, 0.15) is 5.41 Å². The molecule has 0 bridgehead atoms. The zero-order valence-electron chi connectivity index (χ0n) is 8.90. The fourth-order valence-corrected chi connectivity index (χ4v) is 2.67. The topological polar surface area (TPSA) is 64.3 Å².